The molecule has 3 aromatic rings. The summed E-state index contributed by atoms with van der Waals surface area (Å²) >= 11 is 0. The lowest BCUT2D eigenvalue weighted by atomic mass is 10.1. The van der Waals surface area contributed by atoms with Gasteiger partial charge in [-0.1, -0.05) is 84.0 Å². The number of aryl methyl sites for hydroxylation is 1. The minimum Gasteiger partial charge on any atom is -0.497 e. The number of benzene rings is 3. The highest BCUT2D eigenvalue weighted by molar-refractivity contribution is 6.86. The SMILES string of the molecule is COc1ccc(C(C)[SiH](c2ccccc2)c2ccccc2)c(C)c1. The Bertz CT molecular complexity index is 744. The van der Waals surface area contributed by atoms with Crippen molar-refractivity contribution >= 4 is 19.2 Å². The molecule has 0 aliphatic rings. The molecule has 0 radical (unpaired) electrons. The molecular formula is C22H24OSi. The second-order valence-corrected chi connectivity index (χ2v) is 9.60. The van der Waals surface area contributed by atoms with Crippen LogP contribution in [0.2, 0.25) is 0 Å². The molecule has 0 saturated carbocycles. The van der Waals surface area contributed by atoms with E-state index in [1.165, 1.54) is 21.5 Å². The normalized spacial score (nSPS) is 12.2. The Labute approximate surface area is 146 Å². The first-order valence-corrected chi connectivity index (χ1v) is 10.3. The van der Waals surface area contributed by atoms with Crippen LogP contribution in [0.5, 0.6) is 5.75 Å². The third-order valence-corrected chi connectivity index (χ3v) is 8.35. The van der Waals surface area contributed by atoms with Gasteiger partial charge in [-0.2, -0.15) is 0 Å². The molecule has 0 fully saturated rings. The first kappa shape index (κ1) is 16.5. The minimum atomic E-state index is -1.36. The molecule has 122 valence electrons. The Balaban J connectivity index is 2.06. The third-order valence-electron chi connectivity index (χ3n) is 4.78. The van der Waals surface area contributed by atoms with Gasteiger partial charge >= 0.3 is 0 Å². The van der Waals surface area contributed by atoms with E-state index in [0.717, 1.165) is 5.75 Å². The lowest BCUT2D eigenvalue weighted by Gasteiger charge is -2.25. The van der Waals surface area contributed by atoms with Gasteiger partial charge in [0.15, 0.2) is 0 Å². The van der Waals surface area contributed by atoms with Gasteiger partial charge < -0.3 is 4.74 Å². The summed E-state index contributed by atoms with van der Waals surface area (Å²) in [5.41, 5.74) is 3.26. The van der Waals surface area contributed by atoms with Gasteiger partial charge in [-0.15, -0.1) is 0 Å². The van der Waals surface area contributed by atoms with E-state index >= 15 is 0 Å². The van der Waals surface area contributed by atoms with E-state index in [9.17, 15) is 0 Å². The topological polar surface area (TPSA) is 9.23 Å². The number of rotatable bonds is 5. The molecule has 3 rings (SSSR count). The highest BCUT2D eigenvalue weighted by Gasteiger charge is 2.25. The molecule has 0 spiro atoms. The maximum atomic E-state index is 5.37. The molecule has 0 N–H and O–H groups in total. The van der Waals surface area contributed by atoms with Gasteiger partial charge in [-0.25, -0.2) is 0 Å². The predicted octanol–water partition coefficient (Wildman–Crippen LogP) is 3.69. The molecule has 0 heterocycles. The lowest BCUT2D eigenvalue weighted by molar-refractivity contribution is 0.414. The van der Waals surface area contributed by atoms with Crippen LogP contribution < -0.4 is 15.1 Å². The monoisotopic (exact) mass is 332 g/mol. The van der Waals surface area contributed by atoms with Crippen molar-refractivity contribution in [1.82, 2.24) is 0 Å². The molecular weight excluding hydrogens is 308 g/mol. The van der Waals surface area contributed by atoms with Crippen molar-refractivity contribution < 1.29 is 4.74 Å². The Hall–Kier alpha value is -2.32. The number of hydrogen-bond acceptors (Lipinski definition) is 1. The van der Waals surface area contributed by atoms with E-state index in [-0.39, 0.29) is 0 Å². The van der Waals surface area contributed by atoms with Crippen molar-refractivity contribution in [3.05, 3.63) is 90.0 Å². The van der Waals surface area contributed by atoms with Crippen molar-refractivity contribution in [3.63, 3.8) is 0 Å². The number of hydrogen-bond donors (Lipinski definition) is 0. The zero-order valence-electron chi connectivity index (χ0n) is 14.6. The molecule has 1 unspecified atom stereocenters. The van der Waals surface area contributed by atoms with Crippen molar-refractivity contribution in [2.24, 2.45) is 0 Å². The summed E-state index contributed by atoms with van der Waals surface area (Å²) in [6, 6.07) is 28.5. The summed E-state index contributed by atoms with van der Waals surface area (Å²) in [5, 5.41) is 2.98. The Kier molecular flexibility index (Phi) is 5.16. The summed E-state index contributed by atoms with van der Waals surface area (Å²) in [4.78, 5) is 0. The van der Waals surface area contributed by atoms with Crippen molar-refractivity contribution in [2.45, 2.75) is 19.4 Å². The summed E-state index contributed by atoms with van der Waals surface area (Å²) < 4.78 is 5.37. The Morgan fingerprint density at radius 2 is 1.33 bits per heavy atom. The maximum absolute atomic E-state index is 5.37. The summed E-state index contributed by atoms with van der Waals surface area (Å²) in [7, 11) is 0.361. The second-order valence-electron chi connectivity index (χ2n) is 6.31. The van der Waals surface area contributed by atoms with Gasteiger partial charge in [0.1, 0.15) is 14.5 Å². The molecule has 0 amide bonds. The van der Waals surface area contributed by atoms with E-state index in [0.29, 0.717) is 5.54 Å². The molecule has 0 aliphatic heterocycles. The minimum absolute atomic E-state index is 0.515. The van der Waals surface area contributed by atoms with Crippen molar-refractivity contribution in [3.8, 4) is 5.75 Å². The fraction of sp³-hybridized carbons (Fsp3) is 0.182. The zero-order chi connectivity index (χ0) is 16.9. The molecule has 0 aliphatic carbocycles. The average Bonchev–Trinajstić information content (AvgIpc) is 2.63. The van der Waals surface area contributed by atoms with E-state index in [1.54, 1.807) is 7.11 Å². The lowest BCUT2D eigenvalue weighted by Crippen LogP contribution is -2.46. The van der Waals surface area contributed by atoms with E-state index < -0.39 is 8.80 Å². The predicted molar refractivity (Wildman–Crippen MR) is 105 cm³/mol. The van der Waals surface area contributed by atoms with E-state index in [2.05, 4.69) is 92.7 Å². The summed E-state index contributed by atoms with van der Waals surface area (Å²) in [6.07, 6.45) is 0. The molecule has 0 aromatic heterocycles. The van der Waals surface area contributed by atoms with E-state index in [4.69, 9.17) is 4.74 Å². The van der Waals surface area contributed by atoms with Crippen LogP contribution in [0, 0.1) is 6.92 Å². The smallest absolute Gasteiger partial charge is 0.119 e. The van der Waals surface area contributed by atoms with Crippen LogP contribution in [-0.4, -0.2) is 15.9 Å². The highest BCUT2D eigenvalue weighted by Crippen LogP contribution is 2.25. The molecule has 1 atom stereocenters. The quantitative estimate of drug-likeness (QED) is 0.648. The van der Waals surface area contributed by atoms with Gasteiger partial charge in [-0.05, 0) is 35.7 Å². The highest BCUT2D eigenvalue weighted by atomic mass is 28.3. The molecule has 24 heavy (non-hydrogen) atoms. The van der Waals surface area contributed by atoms with Crippen molar-refractivity contribution in [1.29, 1.82) is 0 Å². The molecule has 2 heteroatoms. The van der Waals surface area contributed by atoms with Gasteiger partial charge in [0.05, 0.1) is 7.11 Å². The Morgan fingerprint density at radius 3 is 1.79 bits per heavy atom. The summed E-state index contributed by atoms with van der Waals surface area (Å²) in [5.74, 6) is 0.932. The summed E-state index contributed by atoms with van der Waals surface area (Å²) in [6.45, 7) is 4.57. The Morgan fingerprint density at radius 1 is 0.792 bits per heavy atom. The van der Waals surface area contributed by atoms with Gasteiger partial charge in [0.25, 0.3) is 0 Å². The number of methoxy groups -OCH3 is 1. The van der Waals surface area contributed by atoms with Crippen LogP contribution in [-0.2, 0) is 0 Å². The first-order chi connectivity index (χ1) is 11.7. The first-order valence-electron chi connectivity index (χ1n) is 8.45. The van der Waals surface area contributed by atoms with Crippen molar-refractivity contribution in [2.75, 3.05) is 7.11 Å². The molecule has 1 nitrogen and oxygen atoms in total. The second kappa shape index (κ2) is 7.50. The number of ether oxygens (including phenoxy) is 1. The van der Waals surface area contributed by atoms with E-state index in [1.807, 2.05) is 0 Å². The molecule has 3 aromatic carbocycles. The van der Waals surface area contributed by atoms with Crippen LogP contribution in [0.3, 0.4) is 0 Å². The van der Waals surface area contributed by atoms with Crippen LogP contribution in [0.15, 0.2) is 78.9 Å². The fourth-order valence-electron chi connectivity index (χ4n) is 3.56. The van der Waals surface area contributed by atoms with Crippen LogP contribution in [0.1, 0.15) is 23.6 Å². The standard InChI is InChI=1S/C22H24OSi/c1-17-16-19(23-3)14-15-22(17)18(2)24(20-10-6-4-7-11-20)21-12-8-5-9-13-21/h4-16,18,24H,1-3H3. The van der Waals surface area contributed by atoms with Crippen LogP contribution in [0.4, 0.5) is 0 Å². The van der Waals surface area contributed by atoms with Gasteiger partial charge in [0, 0.05) is 0 Å². The fourth-order valence-corrected chi connectivity index (χ4v) is 7.10. The molecule has 0 saturated heterocycles. The van der Waals surface area contributed by atoms with Crippen LogP contribution >= 0.6 is 0 Å². The van der Waals surface area contributed by atoms with Gasteiger partial charge in [0.2, 0.25) is 0 Å². The molecule has 0 bridgehead atoms. The van der Waals surface area contributed by atoms with Gasteiger partial charge in [-0.3, -0.25) is 0 Å². The zero-order valence-corrected chi connectivity index (χ0v) is 15.7. The maximum Gasteiger partial charge on any atom is 0.119 e. The average molecular weight is 333 g/mol. The third kappa shape index (κ3) is 3.44. The van der Waals surface area contributed by atoms with Crippen LogP contribution in [0.25, 0.3) is 0 Å². The largest absolute Gasteiger partial charge is 0.497 e.